The van der Waals surface area contributed by atoms with Crippen molar-refractivity contribution in [1.82, 2.24) is 14.7 Å². The van der Waals surface area contributed by atoms with Crippen LogP contribution in [0.3, 0.4) is 0 Å². The Labute approximate surface area is 120 Å². The Bertz CT molecular complexity index is 393. The Morgan fingerprint density at radius 2 is 1.85 bits per heavy atom. The van der Waals surface area contributed by atoms with Crippen LogP contribution in [0.4, 0.5) is 0 Å². The molecule has 2 saturated heterocycles. The number of likely N-dealkylation sites (N-methyl/N-ethyl adjacent to an activating group) is 1. The first-order chi connectivity index (χ1) is 9.65. The summed E-state index contributed by atoms with van der Waals surface area (Å²) in [4.78, 5) is 30.0. The van der Waals surface area contributed by atoms with E-state index >= 15 is 0 Å². The van der Waals surface area contributed by atoms with Crippen LogP contribution in [0.5, 0.6) is 0 Å². The van der Waals surface area contributed by atoms with Crippen molar-refractivity contribution in [3.63, 3.8) is 0 Å². The predicted molar refractivity (Wildman–Crippen MR) is 76.2 cm³/mol. The van der Waals surface area contributed by atoms with E-state index in [0.717, 1.165) is 32.1 Å². The maximum atomic E-state index is 12.2. The van der Waals surface area contributed by atoms with Crippen LogP contribution in [0.2, 0.25) is 0 Å². The Morgan fingerprint density at radius 1 is 1.10 bits per heavy atom. The van der Waals surface area contributed by atoms with Gasteiger partial charge in [0.05, 0.1) is 6.54 Å². The number of piperazine rings is 2. The van der Waals surface area contributed by atoms with E-state index in [0.29, 0.717) is 0 Å². The average molecular weight is 279 g/mol. The molecular formula is C15H25N3O2. The number of amides is 2. The van der Waals surface area contributed by atoms with E-state index < -0.39 is 0 Å². The Hall–Kier alpha value is -1.10. The van der Waals surface area contributed by atoms with Gasteiger partial charge in [0.2, 0.25) is 11.8 Å². The van der Waals surface area contributed by atoms with Crippen molar-refractivity contribution < 1.29 is 9.59 Å². The zero-order chi connectivity index (χ0) is 14.1. The molecule has 20 heavy (non-hydrogen) atoms. The lowest BCUT2D eigenvalue weighted by atomic mass is 9.88. The van der Waals surface area contributed by atoms with E-state index in [9.17, 15) is 9.59 Å². The third-order valence-electron chi connectivity index (χ3n) is 5.06. The van der Waals surface area contributed by atoms with Crippen molar-refractivity contribution in [2.75, 3.05) is 39.8 Å². The molecular weight excluding hydrogens is 254 g/mol. The lowest BCUT2D eigenvalue weighted by Gasteiger charge is -2.46. The maximum Gasteiger partial charge on any atom is 0.246 e. The smallest absolute Gasteiger partial charge is 0.246 e. The van der Waals surface area contributed by atoms with Gasteiger partial charge in [0.25, 0.3) is 0 Å². The first kappa shape index (κ1) is 13.9. The van der Waals surface area contributed by atoms with Gasteiger partial charge in [0.1, 0.15) is 6.04 Å². The van der Waals surface area contributed by atoms with Crippen molar-refractivity contribution in [2.45, 2.75) is 38.1 Å². The monoisotopic (exact) mass is 279 g/mol. The molecule has 0 bridgehead atoms. The average Bonchev–Trinajstić information content (AvgIpc) is 2.46. The molecule has 3 aliphatic rings. The number of carbonyl (C=O) groups is 2. The second kappa shape index (κ2) is 5.72. The molecule has 5 heteroatoms. The Balaban J connectivity index is 1.61. The molecule has 2 amide bonds. The summed E-state index contributed by atoms with van der Waals surface area (Å²) >= 11 is 0. The van der Waals surface area contributed by atoms with Crippen LogP contribution in [0.1, 0.15) is 32.1 Å². The number of hydrogen-bond donors (Lipinski definition) is 0. The molecule has 112 valence electrons. The van der Waals surface area contributed by atoms with Gasteiger partial charge in [-0.2, -0.15) is 0 Å². The molecule has 5 nitrogen and oxygen atoms in total. The van der Waals surface area contributed by atoms with Crippen LogP contribution < -0.4 is 0 Å². The number of carbonyl (C=O) groups excluding carboxylic acids is 2. The van der Waals surface area contributed by atoms with Crippen LogP contribution in [0.15, 0.2) is 0 Å². The van der Waals surface area contributed by atoms with Crippen molar-refractivity contribution in [1.29, 1.82) is 0 Å². The minimum atomic E-state index is -0.237. The maximum absolute atomic E-state index is 12.2. The molecule has 0 spiro atoms. The molecule has 0 radical (unpaired) electrons. The van der Waals surface area contributed by atoms with Crippen molar-refractivity contribution in [3.05, 3.63) is 0 Å². The summed E-state index contributed by atoms with van der Waals surface area (Å²) < 4.78 is 0. The van der Waals surface area contributed by atoms with Crippen LogP contribution in [0.25, 0.3) is 0 Å². The van der Waals surface area contributed by atoms with Crippen LogP contribution in [-0.2, 0) is 9.59 Å². The second-order valence-electron chi connectivity index (χ2n) is 6.56. The molecule has 1 saturated carbocycles. The summed E-state index contributed by atoms with van der Waals surface area (Å²) in [5, 5.41) is 0. The van der Waals surface area contributed by atoms with Gasteiger partial charge >= 0.3 is 0 Å². The molecule has 1 atom stereocenters. The Morgan fingerprint density at radius 3 is 2.60 bits per heavy atom. The van der Waals surface area contributed by atoms with Gasteiger partial charge in [-0.05, 0) is 18.8 Å². The summed E-state index contributed by atoms with van der Waals surface area (Å²) in [5.74, 6) is 1.01. The van der Waals surface area contributed by atoms with Gasteiger partial charge in [0.15, 0.2) is 0 Å². The largest absolute Gasteiger partial charge is 0.335 e. The summed E-state index contributed by atoms with van der Waals surface area (Å²) in [6.45, 7) is 3.73. The Kier molecular flexibility index (Phi) is 3.96. The number of nitrogens with zero attached hydrogens (tertiary/aromatic N) is 3. The quantitative estimate of drug-likeness (QED) is 0.741. The number of fused-ring (bicyclic) bond motifs is 1. The number of rotatable bonds is 2. The van der Waals surface area contributed by atoms with Gasteiger partial charge in [-0.3, -0.25) is 14.5 Å². The van der Waals surface area contributed by atoms with Crippen LogP contribution >= 0.6 is 0 Å². The van der Waals surface area contributed by atoms with E-state index in [1.807, 2.05) is 0 Å². The lowest BCUT2D eigenvalue weighted by Crippen LogP contribution is -2.66. The van der Waals surface area contributed by atoms with Crippen molar-refractivity contribution >= 4 is 11.8 Å². The predicted octanol–water partition coefficient (Wildman–Crippen LogP) is 0.551. The summed E-state index contributed by atoms with van der Waals surface area (Å²) in [6.07, 6.45) is 6.75. The molecule has 2 aliphatic heterocycles. The lowest BCUT2D eigenvalue weighted by molar-refractivity contribution is -0.158. The van der Waals surface area contributed by atoms with Gasteiger partial charge in [-0.1, -0.05) is 19.3 Å². The van der Waals surface area contributed by atoms with E-state index in [1.165, 1.54) is 32.1 Å². The summed E-state index contributed by atoms with van der Waals surface area (Å²) in [5.41, 5.74) is 0. The fraction of sp³-hybridized carbons (Fsp3) is 0.867. The summed E-state index contributed by atoms with van der Waals surface area (Å²) in [6, 6.07) is -0.237. The van der Waals surface area contributed by atoms with E-state index in [2.05, 4.69) is 4.90 Å². The molecule has 2 heterocycles. The highest BCUT2D eigenvalue weighted by molar-refractivity contribution is 5.95. The second-order valence-corrected chi connectivity index (χ2v) is 6.56. The molecule has 0 aromatic heterocycles. The van der Waals surface area contributed by atoms with Gasteiger partial charge in [-0.15, -0.1) is 0 Å². The third-order valence-corrected chi connectivity index (χ3v) is 5.06. The first-order valence-corrected chi connectivity index (χ1v) is 7.92. The molecule has 0 aromatic rings. The summed E-state index contributed by atoms with van der Waals surface area (Å²) in [7, 11) is 1.73. The van der Waals surface area contributed by atoms with Gasteiger partial charge in [0, 0.05) is 33.2 Å². The third kappa shape index (κ3) is 2.68. The minimum Gasteiger partial charge on any atom is -0.335 e. The normalized spacial score (nSPS) is 29.8. The topological polar surface area (TPSA) is 43.9 Å². The van der Waals surface area contributed by atoms with E-state index in [-0.39, 0.29) is 24.4 Å². The SMILES string of the molecule is CN1CC(=O)N2CCN(CC3CCCCC3)C[C@@H]2C1=O. The van der Waals surface area contributed by atoms with Crippen molar-refractivity contribution in [3.8, 4) is 0 Å². The zero-order valence-corrected chi connectivity index (χ0v) is 12.4. The van der Waals surface area contributed by atoms with Crippen LogP contribution in [0, 0.1) is 5.92 Å². The fourth-order valence-corrected chi connectivity index (χ4v) is 3.88. The van der Waals surface area contributed by atoms with E-state index in [4.69, 9.17) is 0 Å². The molecule has 3 fully saturated rings. The van der Waals surface area contributed by atoms with Gasteiger partial charge < -0.3 is 9.80 Å². The standard InChI is InChI=1S/C15H25N3O2/c1-16-11-14(19)18-8-7-17(10-13(18)15(16)20)9-12-5-3-2-4-6-12/h12-13H,2-11H2,1H3/t13-/m1/s1. The van der Waals surface area contributed by atoms with Crippen molar-refractivity contribution in [2.24, 2.45) is 5.92 Å². The number of hydrogen-bond acceptors (Lipinski definition) is 3. The zero-order valence-electron chi connectivity index (χ0n) is 12.4. The molecule has 0 unspecified atom stereocenters. The van der Waals surface area contributed by atoms with Crippen LogP contribution in [-0.4, -0.2) is 72.3 Å². The molecule has 0 aromatic carbocycles. The molecule has 0 N–H and O–H groups in total. The highest BCUT2D eigenvalue weighted by Crippen LogP contribution is 2.26. The van der Waals surface area contributed by atoms with Gasteiger partial charge in [-0.25, -0.2) is 0 Å². The highest BCUT2D eigenvalue weighted by Gasteiger charge is 2.41. The highest BCUT2D eigenvalue weighted by atomic mass is 16.2. The first-order valence-electron chi connectivity index (χ1n) is 7.92. The van der Waals surface area contributed by atoms with E-state index in [1.54, 1.807) is 16.8 Å². The fourth-order valence-electron chi connectivity index (χ4n) is 3.88. The molecule has 3 rings (SSSR count). The molecule has 1 aliphatic carbocycles. The minimum absolute atomic E-state index is 0.106.